The Morgan fingerprint density at radius 3 is 2.00 bits per heavy atom. The first-order chi connectivity index (χ1) is 8.83. The second-order valence-electron chi connectivity index (χ2n) is 6.23. The zero-order chi connectivity index (χ0) is 12.8. The summed E-state index contributed by atoms with van der Waals surface area (Å²) in [7, 11) is 1.81. The summed E-state index contributed by atoms with van der Waals surface area (Å²) in [5, 5.41) is 0. The Labute approximate surface area is 111 Å². The van der Waals surface area contributed by atoms with Crippen molar-refractivity contribution in [1.82, 2.24) is 0 Å². The molecule has 1 nitrogen and oxygen atoms in total. The van der Waals surface area contributed by atoms with E-state index in [2.05, 4.69) is 0 Å². The van der Waals surface area contributed by atoms with E-state index in [1.165, 1.54) is 51.4 Å². The van der Waals surface area contributed by atoms with Crippen molar-refractivity contribution in [2.75, 3.05) is 13.7 Å². The van der Waals surface area contributed by atoms with Gasteiger partial charge in [-0.3, -0.25) is 0 Å². The molecule has 0 atom stereocenters. The lowest BCUT2D eigenvalue weighted by Crippen LogP contribution is -2.26. The fourth-order valence-electron chi connectivity index (χ4n) is 3.97. The molecule has 0 heterocycles. The van der Waals surface area contributed by atoms with Crippen LogP contribution in [0, 0.1) is 23.7 Å². The monoisotopic (exact) mass is 254 g/mol. The largest absolute Gasteiger partial charge is 0.384 e. The molecule has 0 unspecified atom stereocenters. The molecule has 0 aromatic heterocycles. The van der Waals surface area contributed by atoms with E-state index >= 15 is 0 Å². The molecular formula is C16H27FO. The van der Waals surface area contributed by atoms with E-state index in [-0.39, 0.29) is 0 Å². The topological polar surface area (TPSA) is 9.23 Å². The second-order valence-corrected chi connectivity index (χ2v) is 6.23. The molecule has 2 aliphatic carbocycles. The molecule has 0 aliphatic heterocycles. The van der Waals surface area contributed by atoms with Crippen LogP contribution >= 0.6 is 0 Å². The third-order valence-corrected chi connectivity index (χ3v) is 5.12. The Bertz CT molecular complexity index is 248. The molecule has 0 radical (unpaired) electrons. The molecule has 2 fully saturated rings. The van der Waals surface area contributed by atoms with Gasteiger partial charge in [0.25, 0.3) is 0 Å². The summed E-state index contributed by atoms with van der Waals surface area (Å²) in [5.41, 5.74) is 0. The molecule has 0 bridgehead atoms. The van der Waals surface area contributed by atoms with Crippen LogP contribution in [0.15, 0.2) is 12.4 Å². The smallest absolute Gasteiger partial charge is 0.0829 e. The second kappa shape index (κ2) is 7.28. The zero-order valence-corrected chi connectivity index (χ0v) is 11.6. The van der Waals surface area contributed by atoms with Gasteiger partial charge in [0.1, 0.15) is 0 Å². The lowest BCUT2D eigenvalue weighted by molar-refractivity contribution is 0.0957. The van der Waals surface area contributed by atoms with Gasteiger partial charge in [0.15, 0.2) is 0 Å². The van der Waals surface area contributed by atoms with Crippen molar-refractivity contribution in [2.45, 2.75) is 51.4 Å². The SMILES string of the molecule is COCC1CCC(C2CCC(C=CF)CC2)CC1. The minimum absolute atomic E-state index is 0.510. The molecule has 2 rings (SSSR count). The Kier molecular flexibility index (Phi) is 5.68. The van der Waals surface area contributed by atoms with Crippen LogP contribution in [0.2, 0.25) is 0 Å². The van der Waals surface area contributed by atoms with E-state index in [1.54, 1.807) is 6.08 Å². The highest BCUT2D eigenvalue weighted by molar-refractivity contribution is 4.89. The van der Waals surface area contributed by atoms with E-state index in [0.717, 1.165) is 30.7 Å². The molecule has 2 heteroatoms. The van der Waals surface area contributed by atoms with Gasteiger partial charge in [0, 0.05) is 13.7 Å². The Morgan fingerprint density at radius 1 is 0.944 bits per heavy atom. The van der Waals surface area contributed by atoms with Crippen molar-refractivity contribution >= 4 is 0 Å². The first kappa shape index (κ1) is 14.0. The fraction of sp³-hybridized carbons (Fsp3) is 0.875. The normalized spacial score (nSPS) is 38.1. The Morgan fingerprint density at radius 2 is 1.50 bits per heavy atom. The standard InChI is InChI=1S/C16H27FO/c1-18-12-14-4-8-16(9-5-14)15-6-2-13(3-7-15)10-11-17/h10-11,13-16H,2-9,12H2,1H3. The molecular weight excluding hydrogens is 227 g/mol. The van der Waals surface area contributed by atoms with Crippen LogP contribution in [0.3, 0.4) is 0 Å². The van der Waals surface area contributed by atoms with Gasteiger partial charge in [0.2, 0.25) is 0 Å². The predicted molar refractivity (Wildman–Crippen MR) is 73.0 cm³/mol. The highest BCUT2D eigenvalue weighted by Gasteiger charge is 2.30. The lowest BCUT2D eigenvalue weighted by Gasteiger charge is -2.37. The van der Waals surface area contributed by atoms with E-state index in [1.807, 2.05) is 7.11 Å². The maximum Gasteiger partial charge on any atom is 0.0829 e. The molecule has 2 saturated carbocycles. The van der Waals surface area contributed by atoms with Gasteiger partial charge in [-0.25, -0.2) is 4.39 Å². The van der Waals surface area contributed by atoms with Crippen LogP contribution < -0.4 is 0 Å². The van der Waals surface area contributed by atoms with Gasteiger partial charge in [0.05, 0.1) is 6.33 Å². The molecule has 104 valence electrons. The van der Waals surface area contributed by atoms with Crippen molar-refractivity contribution in [3.05, 3.63) is 12.4 Å². The zero-order valence-electron chi connectivity index (χ0n) is 11.6. The Hall–Kier alpha value is -0.370. The average molecular weight is 254 g/mol. The maximum atomic E-state index is 12.2. The predicted octanol–water partition coefficient (Wildman–Crippen LogP) is 4.73. The number of allylic oxidation sites excluding steroid dienone is 1. The number of methoxy groups -OCH3 is 1. The summed E-state index contributed by atoms with van der Waals surface area (Å²) in [6, 6.07) is 0. The third kappa shape index (κ3) is 3.81. The van der Waals surface area contributed by atoms with Crippen molar-refractivity contribution in [3.8, 4) is 0 Å². The molecule has 0 amide bonds. The Balaban J connectivity index is 1.71. The molecule has 0 N–H and O–H groups in total. The van der Waals surface area contributed by atoms with Gasteiger partial charge >= 0.3 is 0 Å². The average Bonchev–Trinajstić information content (AvgIpc) is 2.41. The fourth-order valence-corrected chi connectivity index (χ4v) is 3.97. The summed E-state index contributed by atoms with van der Waals surface area (Å²) in [6.07, 6.45) is 13.0. The quantitative estimate of drug-likeness (QED) is 0.704. The van der Waals surface area contributed by atoms with Crippen molar-refractivity contribution in [2.24, 2.45) is 23.7 Å². The van der Waals surface area contributed by atoms with E-state index in [0.29, 0.717) is 5.92 Å². The summed E-state index contributed by atoms with van der Waals surface area (Å²) in [4.78, 5) is 0. The van der Waals surface area contributed by atoms with E-state index in [9.17, 15) is 4.39 Å². The lowest BCUT2D eigenvalue weighted by atomic mass is 9.69. The molecule has 0 aromatic rings. The van der Waals surface area contributed by atoms with E-state index < -0.39 is 0 Å². The maximum absolute atomic E-state index is 12.2. The van der Waals surface area contributed by atoms with Crippen LogP contribution in [0.25, 0.3) is 0 Å². The van der Waals surface area contributed by atoms with E-state index in [4.69, 9.17) is 4.74 Å². The van der Waals surface area contributed by atoms with Crippen LogP contribution in [0.1, 0.15) is 51.4 Å². The minimum atomic E-state index is 0.510. The number of rotatable bonds is 4. The first-order valence-corrected chi connectivity index (χ1v) is 7.59. The third-order valence-electron chi connectivity index (χ3n) is 5.12. The number of halogens is 1. The molecule has 2 aliphatic rings. The summed E-state index contributed by atoms with van der Waals surface area (Å²) < 4.78 is 17.4. The molecule has 0 spiro atoms. The highest BCUT2D eigenvalue weighted by Crippen LogP contribution is 2.41. The highest BCUT2D eigenvalue weighted by atomic mass is 19.1. The molecule has 0 aromatic carbocycles. The van der Waals surface area contributed by atoms with Crippen molar-refractivity contribution in [3.63, 3.8) is 0 Å². The van der Waals surface area contributed by atoms with Crippen molar-refractivity contribution in [1.29, 1.82) is 0 Å². The van der Waals surface area contributed by atoms with Crippen LogP contribution in [-0.2, 0) is 4.74 Å². The summed E-state index contributed by atoms with van der Waals surface area (Å²) in [5.74, 6) is 3.17. The summed E-state index contributed by atoms with van der Waals surface area (Å²) >= 11 is 0. The number of ether oxygens (including phenoxy) is 1. The molecule has 18 heavy (non-hydrogen) atoms. The van der Waals surface area contributed by atoms with Gasteiger partial charge < -0.3 is 4.74 Å². The van der Waals surface area contributed by atoms with Crippen molar-refractivity contribution < 1.29 is 9.13 Å². The van der Waals surface area contributed by atoms with Gasteiger partial charge in [-0.1, -0.05) is 6.08 Å². The van der Waals surface area contributed by atoms with Gasteiger partial charge in [-0.15, -0.1) is 0 Å². The number of hydrogen-bond acceptors (Lipinski definition) is 1. The van der Waals surface area contributed by atoms with Crippen LogP contribution in [-0.4, -0.2) is 13.7 Å². The van der Waals surface area contributed by atoms with Gasteiger partial charge in [-0.05, 0) is 75.0 Å². The summed E-state index contributed by atoms with van der Waals surface area (Å²) in [6.45, 7) is 0.945. The molecule has 0 saturated heterocycles. The van der Waals surface area contributed by atoms with Gasteiger partial charge in [-0.2, -0.15) is 0 Å². The number of hydrogen-bond donors (Lipinski definition) is 0. The van der Waals surface area contributed by atoms with Crippen LogP contribution in [0.5, 0.6) is 0 Å². The minimum Gasteiger partial charge on any atom is -0.384 e. The van der Waals surface area contributed by atoms with Crippen LogP contribution in [0.4, 0.5) is 4.39 Å². The first-order valence-electron chi connectivity index (χ1n) is 7.59.